The molecule has 2 heterocycles. The average molecular weight is 472 g/mol. The molecule has 4 aromatic rings. The van der Waals surface area contributed by atoms with Gasteiger partial charge in [-0.05, 0) is 64.4 Å². The molecule has 8 nitrogen and oxygen atoms in total. The molecule has 0 aliphatic carbocycles. The number of aromatic nitrogens is 3. The van der Waals surface area contributed by atoms with E-state index in [1.807, 2.05) is 77.1 Å². The van der Waals surface area contributed by atoms with Gasteiger partial charge < -0.3 is 15.2 Å². The van der Waals surface area contributed by atoms with E-state index in [-0.39, 0.29) is 0 Å². The van der Waals surface area contributed by atoms with Crippen LogP contribution in [0.4, 0.5) is 22.1 Å². The van der Waals surface area contributed by atoms with Gasteiger partial charge in [0.2, 0.25) is 0 Å². The molecule has 2 N–H and O–H groups in total. The molecule has 8 heteroatoms. The Balaban J connectivity index is 1.58. The Bertz CT molecular complexity index is 1380. The Morgan fingerprint density at radius 1 is 1.00 bits per heavy atom. The zero-order valence-electron chi connectivity index (χ0n) is 20.5. The van der Waals surface area contributed by atoms with Gasteiger partial charge in [0.25, 0.3) is 0 Å². The van der Waals surface area contributed by atoms with E-state index in [2.05, 4.69) is 20.3 Å². The molecule has 180 valence electrons. The van der Waals surface area contributed by atoms with Gasteiger partial charge >= 0.3 is 6.09 Å². The van der Waals surface area contributed by atoms with Crippen LogP contribution < -0.4 is 15.0 Å². The summed E-state index contributed by atoms with van der Waals surface area (Å²) >= 11 is 0. The standard InChI is InChI=1S/C27H29N5O3/c1-17-18(2)30-25(15-29-17)31-24-14-19(12-13-28-24)16-35-23-11-10-22(20-8-6-7-9-21(20)23)32(26(33)34)27(3,4)5/h6-15H,16H2,1-5H3,(H,33,34)(H,28,30,31). The molecule has 4 rings (SSSR count). The van der Waals surface area contributed by atoms with E-state index in [1.165, 1.54) is 4.90 Å². The fourth-order valence-electron chi connectivity index (χ4n) is 3.85. The Morgan fingerprint density at radius 2 is 1.74 bits per heavy atom. The molecular weight excluding hydrogens is 442 g/mol. The quantitative estimate of drug-likeness (QED) is 0.343. The van der Waals surface area contributed by atoms with Gasteiger partial charge in [-0.1, -0.05) is 24.3 Å². The third-order valence-corrected chi connectivity index (χ3v) is 5.63. The number of benzene rings is 2. The molecule has 0 aliphatic heterocycles. The first-order chi connectivity index (χ1) is 16.6. The Kier molecular flexibility index (Phi) is 6.55. The van der Waals surface area contributed by atoms with Crippen LogP contribution in [0.3, 0.4) is 0 Å². The Morgan fingerprint density at radius 3 is 2.43 bits per heavy atom. The van der Waals surface area contributed by atoms with Crippen LogP contribution in [-0.2, 0) is 6.61 Å². The lowest BCUT2D eigenvalue weighted by Gasteiger charge is -2.34. The predicted octanol–water partition coefficient (Wildman–Crippen LogP) is 6.25. The van der Waals surface area contributed by atoms with Gasteiger partial charge in [0.05, 0.1) is 23.3 Å². The van der Waals surface area contributed by atoms with E-state index in [9.17, 15) is 9.90 Å². The fraction of sp³-hybridized carbons (Fsp3) is 0.259. The first-order valence-electron chi connectivity index (χ1n) is 11.3. The summed E-state index contributed by atoms with van der Waals surface area (Å²) in [4.78, 5) is 26.6. The summed E-state index contributed by atoms with van der Waals surface area (Å²) < 4.78 is 6.18. The molecule has 1 amide bonds. The van der Waals surface area contributed by atoms with Crippen LogP contribution in [0.2, 0.25) is 0 Å². The van der Waals surface area contributed by atoms with Gasteiger partial charge in [0.1, 0.15) is 24.0 Å². The third-order valence-electron chi connectivity index (χ3n) is 5.63. The second kappa shape index (κ2) is 9.58. The minimum Gasteiger partial charge on any atom is -0.488 e. The smallest absolute Gasteiger partial charge is 0.412 e. The van der Waals surface area contributed by atoms with Crippen molar-refractivity contribution in [3.05, 3.63) is 77.9 Å². The fourth-order valence-corrected chi connectivity index (χ4v) is 3.85. The number of anilines is 3. The molecule has 2 aromatic heterocycles. The molecular formula is C27H29N5O3. The highest BCUT2D eigenvalue weighted by molar-refractivity contribution is 6.04. The number of carbonyl (C=O) groups is 1. The van der Waals surface area contributed by atoms with Crippen molar-refractivity contribution in [1.29, 1.82) is 0 Å². The topological polar surface area (TPSA) is 100 Å². The van der Waals surface area contributed by atoms with Crippen LogP contribution in [-0.4, -0.2) is 31.7 Å². The maximum Gasteiger partial charge on any atom is 0.412 e. The number of pyridine rings is 1. The number of nitrogens with zero attached hydrogens (tertiary/aromatic N) is 4. The SMILES string of the molecule is Cc1ncc(Nc2cc(COc3ccc(N(C(=O)O)C(C)(C)C)c4ccccc34)ccn2)nc1C. The van der Waals surface area contributed by atoms with Crippen LogP contribution in [0.5, 0.6) is 5.75 Å². The van der Waals surface area contributed by atoms with E-state index < -0.39 is 11.6 Å². The van der Waals surface area contributed by atoms with Crippen LogP contribution in [0.1, 0.15) is 37.7 Å². The number of carboxylic acid groups (broad SMARTS) is 1. The largest absolute Gasteiger partial charge is 0.488 e. The summed E-state index contributed by atoms with van der Waals surface area (Å²) in [6.45, 7) is 9.77. The highest BCUT2D eigenvalue weighted by atomic mass is 16.5. The number of hydrogen-bond acceptors (Lipinski definition) is 6. The zero-order valence-corrected chi connectivity index (χ0v) is 20.5. The lowest BCUT2D eigenvalue weighted by Crippen LogP contribution is -2.45. The normalized spacial score (nSPS) is 11.3. The summed E-state index contributed by atoms with van der Waals surface area (Å²) in [5.41, 5.74) is 2.69. The van der Waals surface area contributed by atoms with Gasteiger partial charge in [-0.25, -0.2) is 14.8 Å². The zero-order chi connectivity index (χ0) is 25.2. The maximum absolute atomic E-state index is 12.1. The first-order valence-corrected chi connectivity index (χ1v) is 11.3. The molecule has 2 aromatic carbocycles. The lowest BCUT2D eigenvalue weighted by atomic mass is 10.0. The van der Waals surface area contributed by atoms with E-state index in [0.717, 1.165) is 27.7 Å². The first kappa shape index (κ1) is 23.9. The van der Waals surface area contributed by atoms with Crippen molar-refractivity contribution in [2.75, 3.05) is 10.2 Å². The lowest BCUT2D eigenvalue weighted by molar-refractivity contribution is 0.195. The van der Waals surface area contributed by atoms with Crippen molar-refractivity contribution in [1.82, 2.24) is 15.0 Å². The average Bonchev–Trinajstić information content (AvgIpc) is 2.80. The summed E-state index contributed by atoms with van der Waals surface area (Å²) in [5, 5.41) is 14.7. The number of amides is 1. The maximum atomic E-state index is 12.1. The monoisotopic (exact) mass is 471 g/mol. The molecule has 0 aliphatic rings. The molecule has 35 heavy (non-hydrogen) atoms. The van der Waals surface area contributed by atoms with Crippen LogP contribution in [0.25, 0.3) is 10.8 Å². The Hall–Kier alpha value is -4.20. The molecule has 0 fully saturated rings. The summed E-state index contributed by atoms with van der Waals surface area (Å²) in [5.74, 6) is 1.95. The molecule has 0 spiro atoms. The van der Waals surface area contributed by atoms with Gasteiger partial charge in [-0.3, -0.25) is 9.88 Å². The van der Waals surface area contributed by atoms with Crippen molar-refractivity contribution >= 4 is 34.2 Å². The molecule has 0 unspecified atom stereocenters. The van der Waals surface area contributed by atoms with E-state index in [4.69, 9.17) is 4.74 Å². The van der Waals surface area contributed by atoms with E-state index in [1.54, 1.807) is 18.5 Å². The number of nitrogens with one attached hydrogen (secondary N) is 1. The molecule has 0 atom stereocenters. The number of fused-ring (bicyclic) bond motifs is 1. The van der Waals surface area contributed by atoms with Crippen molar-refractivity contribution in [3.8, 4) is 5.75 Å². The number of rotatable bonds is 6. The summed E-state index contributed by atoms with van der Waals surface area (Å²) in [6.07, 6.45) is 2.39. The van der Waals surface area contributed by atoms with Crippen molar-refractivity contribution in [2.45, 2.75) is 46.8 Å². The van der Waals surface area contributed by atoms with E-state index in [0.29, 0.717) is 29.7 Å². The second-order valence-electron chi connectivity index (χ2n) is 9.31. The minimum absolute atomic E-state index is 0.320. The van der Waals surface area contributed by atoms with Gasteiger partial charge in [-0.2, -0.15) is 0 Å². The minimum atomic E-state index is -0.999. The molecule has 0 saturated heterocycles. The van der Waals surface area contributed by atoms with Gasteiger partial charge in [0, 0.05) is 22.5 Å². The van der Waals surface area contributed by atoms with Gasteiger partial charge in [0.15, 0.2) is 0 Å². The Labute approximate surface area is 204 Å². The van der Waals surface area contributed by atoms with Crippen molar-refractivity contribution in [3.63, 3.8) is 0 Å². The molecule has 0 radical (unpaired) electrons. The highest BCUT2D eigenvalue weighted by Gasteiger charge is 2.29. The predicted molar refractivity (Wildman–Crippen MR) is 138 cm³/mol. The number of aryl methyl sites for hydroxylation is 2. The third kappa shape index (κ3) is 5.32. The second-order valence-corrected chi connectivity index (χ2v) is 9.31. The van der Waals surface area contributed by atoms with Crippen LogP contribution in [0.15, 0.2) is 60.9 Å². The van der Waals surface area contributed by atoms with Crippen molar-refractivity contribution in [2.24, 2.45) is 0 Å². The number of ether oxygens (including phenoxy) is 1. The summed E-state index contributed by atoms with van der Waals surface area (Å²) in [6, 6.07) is 15.1. The summed E-state index contributed by atoms with van der Waals surface area (Å²) in [7, 11) is 0. The van der Waals surface area contributed by atoms with Gasteiger partial charge in [-0.15, -0.1) is 0 Å². The van der Waals surface area contributed by atoms with E-state index >= 15 is 0 Å². The number of hydrogen-bond donors (Lipinski definition) is 2. The molecule has 0 saturated carbocycles. The highest BCUT2D eigenvalue weighted by Crippen LogP contribution is 2.37. The van der Waals surface area contributed by atoms with Crippen molar-refractivity contribution < 1.29 is 14.6 Å². The molecule has 0 bridgehead atoms. The van der Waals surface area contributed by atoms with Crippen LogP contribution in [0, 0.1) is 13.8 Å². The van der Waals surface area contributed by atoms with Crippen LogP contribution >= 0.6 is 0 Å².